The van der Waals surface area contributed by atoms with Gasteiger partial charge in [-0.2, -0.15) is 0 Å². The maximum atomic E-state index is 10.2. The van der Waals surface area contributed by atoms with Crippen LogP contribution in [0.3, 0.4) is 0 Å². The highest BCUT2D eigenvalue weighted by molar-refractivity contribution is 6.02. The third kappa shape index (κ3) is 3.83. The molecule has 0 bridgehead atoms. The summed E-state index contributed by atoms with van der Waals surface area (Å²) >= 11 is 0. The summed E-state index contributed by atoms with van der Waals surface area (Å²) in [7, 11) is 1.63. The molecule has 2 N–H and O–H groups in total. The number of rotatable bonds is 7. The fraction of sp³-hybridized carbons (Fsp3) is 0.350. The largest absolute Gasteiger partial charge is 0.494 e. The number of ether oxygens (including phenoxy) is 2. The Hall–Kier alpha value is -2.37. The maximum absolute atomic E-state index is 10.2. The van der Waals surface area contributed by atoms with Crippen LogP contribution in [0.4, 0.5) is 0 Å². The van der Waals surface area contributed by atoms with Crippen LogP contribution in [0.1, 0.15) is 13.8 Å². The highest BCUT2D eigenvalue weighted by atomic mass is 16.5. The lowest BCUT2D eigenvalue weighted by molar-refractivity contribution is 0.106. The molecule has 2 aromatic carbocycles. The number of aliphatic hydroxyl groups is 1. The highest BCUT2D eigenvalue weighted by Gasteiger charge is 2.15. The minimum atomic E-state index is -0.588. The minimum absolute atomic E-state index is 0.208. The molecule has 0 radical (unpaired) electrons. The van der Waals surface area contributed by atoms with Gasteiger partial charge in [0.15, 0.2) is 0 Å². The lowest BCUT2D eigenvalue weighted by Gasteiger charge is -2.17. The zero-order valence-electron chi connectivity index (χ0n) is 14.8. The molecule has 0 aliphatic rings. The van der Waals surface area contributed by atoms with Gasteiger partial charge in [0.1, 0.15) is 29.7 Å². The highest BCUT2D eigenvalue weighted by Crippen LogP contribution is 2.36. The van der Waals surface area contributed by atoms with Crippen LogP contribution in [0.25, 0.3) is 21.8 Å². The lowest BCUT2D eigenvalue weighted by atomic mass is 10.1. The van der Waals surface area contributed by atoms with E-state index in [2.05, 4.69) is 5.32 Å². The van der Waals surface area contributed by atoms with Gasteiger partial charge in [-0.15, -0.1) is 0 Å². The van der Waals surface area contributed by atoms with Crippen molar-refractivity contribution >= 4 is 21.8 Å². The molecule has 0 saturated carbocycles. The topological polar surface area (TPSA) is 63.6 Å². The Morgan fingerprint density at radius 2 is 1.84 bits per heavy atom. The van der Waals surface area contributed by atoms with Gasteiger partial charge in [0.2, 0.25) is 0 Å². The predicted molar refractivity (Wildman–Crippen MR) is 100 cm³/mol. The number of fused-ring (bicyclic) bond motifs is 2. The quantitative estimate of drug-likeness (QED) is 0.647. The van der Waals surface area contributed by atoms with E-state index in [0.717, 1.165) is 27.6 Å². The third-order valence-electron chi connectivity index (χ3n) is 4.03. The van der Waals surface area contributed by atoms with Crippen LogP contribution in [-0.2, 0) is 0 Å². The molecule has 0 spiro atoms. The Balaban J connectivity index is 1.99. The zero-order chi connectivity index (χ0) is 17.8. The van der Waals surface area contributed by atoms with Crippen molar-refractivity contribution in [2.45, 2.75) is 26.0 Å². The van der Waals surface area contributed by atoms with Crippen LogP contribution in [-0.4, -0.2) is 42.5 Å². The van der Waals surface area contributed by atoms with Crippen molar-refractivity contribution in [3.8, 4) is 11.5 Å². The molecule has 0 saturated heterocycles. The minimum Gasteiger partial charge on any atom is -0.494 e. The van der Waals surface area contributed by atoms with Gasteiger partial charge in [0.05, 0.1) is 12.6 Å². The van der Waals surface area contributed by atoms with E-state index < -0.39 is 6.10 Å². The van der Waals surface area contributed by atoms with E-state index in [-0.39, 0.29) is 6.61 Å². The van der Waals surface area contributed by atoms with Gasteiger partial charge >= 0.3 is 0 Å². The smallest absolute Gasteiger partial charge is 0.145 e. The summed E-state index contributed by atoms with van der Waals surface area (Å²) < 4.78 is 11.5. The second-order valence-corrected chi connectivity index (χ2v) is 6.34. The monoisotopic (exact) mass is 340 g/mol. The SMILES string of the molecule is COc1cccc2c(OC[C@@H](O)CNC(C)C)c3ccccc3nc12. The van der Waals surface area contributed by atoms with E-state index in [9.17, 15) is 5.11 Å². The Kier molecular flexibility index (Phi) is 5.36. The predicted octanol–water partition coefficient (Wildman–Crippen LogP) is 3.13. The first-order valence-corrected chi connectivity index (χ1v) is 8.50. The number of methoxy groups -OCH3 is 1. The Bertz CT molecular complexity index is 864. The summed E-state index contributed by atoms with van der Waals surface area (Å²) in [5.41, 5.74) is 1.60. The summed E-state index contributed by atoms with van der Waals surface area (Å²) in [4.78, 5) is 4.72. The molecule has 1 atom stereocenters. The van der Waals surface area contributed by atoms with Gasteiger partial charge in [0.25, 0.3) is 0 Å². The zero-order valence-corrected chi connectivity index (χ0v) is 14.8. The molecule has 132 valence electrons. The Morgan fingerprint density at radius 1 is 1.08 bits per heavy atom. The van der Waals surface area contributed by atoms with E-state index in [1.54, 1.807) is 7.11 Å². The third-order valence-corrected chi connectivity index (χ3v) is 4.03. The summed E-state index contributed by atoms with van der Waals surface area (Å²) in [6.45, 7) is 4.79. The average Bonchev–Trinajstić information content (AvgIpc) is 2.62. The summed E-state index contributed by atoms with van der Waals surface area (Å²) in [6.07, 6.45) is -0.588. The first-order chi connectivity index (χ1) is 12.1. The number of aliphatic hydroxyl groups excluding tert-OH is 1. The number of hydrogen-bond donors (Lipinski definition) is 2. The van der Waals surface area contributed by atoms with Gasteiger partial charge < -0.3 is 19.9 Å². The van der Waals surface area contributed by atoms with Crippen LogP contribution in [0.5, 0.6) is 11.5 Å². The van der Waals surface area contributed by atoms with E-state index in [0.29, 0.717) is 18.3 Å². The van der Waals surface area contributed by atoms with Gasteiger partial charge in [-0.05, 0) is 24.3 Å². The molecule has 0 aliphatic heterocycles. The van der Waals surface area contributed by atoms with E-state index in [4.69, 9.17) is 14.5 Å². The molecule has 5 nitrogen and oxygen atoms in total. The average molecular weight is 340 g/mol. The van der Waals surface area contributed by atoms with Crippen molar-refractivity contribution in [1.29, 1.82) is 0 Å². The molecule has 0 amide bonds. The van der Waals surface area contributed by atoms with Crippen LogP contribution in [0.2, 0.25) is 0 Å². The van der Waals surface area contributed by atoms with Crippen molar-refractivity contribution in [2.24, 2.45) is 0 Å². The van der Waals surface area contributed by atoms with E-state index >= 15 is 0 Å². The molecular formula is C20H24N2O3. The molecule has 1 heterocycles. The van der Waals surface area contributed by atoms with E-state index in [1.807, 2.05) is 56.3 Å². The molecule has 0 fully saturated rings. The number of pyridine rings is 1. The van der Waals surface area contributed by atoms with Gasteiger partial charge in [0, 0.05) is 23.4 Å². The molecule has 0 aliphatic carbocycles. The molecule has 1 aromatic heterocycles. The number of para-hydroxylation sites is 2. The number of nitrogens with zero attached hydrogens (tertiary/aromatic N) is 1. The van der Waals surface area contributed by atoms with E-state index in [1.165, 1.54) is 0 Å². The lowest BCUT2D eigenvalue weighted by Crippen LogP contribution is -2.35. The first-order valence-electron chi connectivity index (χ1n) is 8.50. The molecular weight excluding hydrogens is 316 g/mol. The van der Waals surface area contributed by atoms with Crippen molar-refractivity contribution in [2.75, 3.05) is 20.3 Å². The van der Waals surface area contributed by atoms with Crippen LogP contribution in [0, 0.1) is 0 Å². The molecule has 5 heteroatoms. The molecule has 0 unspecified atom stereocenters. The van der Waals surface area contributed by atoms with Gasteiger partial charge in [-0.1, -0.05) is 32.0 Å². The summed E-state index contributed by atoms with van der Waals surface area (Å²) in [6, 6.07) is 13.9. The van der Waals surface area contributed by atoms with Gasteiger partial charge in [-0.25, -0.2) is 4.98 Å². The maximum Gasteiger partial charge on any atom is 0.145 e. The molecule has 25 heavy (non-hydrogen) atoms. The van der Waals surface area contributed by atoms with Crippen molar-refractivity contribution in [3.05, 3.63) is 42.5 Å². The van der Waals surface area contributed by atoms with Crippen LogP contribution in [0.15, 0.2) is 42.5 Å². The second-order valence-electron chi connectivity index (χ2n) is 6.34. The number of aromatic nitrogens is 1. The fourth-order valence-corrected chi connectivity index (χ4v) is 2.78. The summed E-state index contributed by atoms with van der Waals surface area (Å²) in [5.74, 6) is 1.43. The molecule has 3 rings (SSSR count). The fourth-order valence-electron chi connectivity index (χ4n) is 2.78. The summed E-state index contributed by atoms with van der Waals surface area (Å²) in [5, 5.41) is 15.2. The number of benzene rings is 2. The molecule has 3 aromatic rings. The van der Waals surface area contributed by atoms with Crippen LogP contribution < -0.4 is 14.8 Å². The Labute approximate surface area is 147 Å². The van der Waals surface area contributed by atoms with Crippen LogP contribution >= 0.6 is 0 Å². The van der Waals surface area contributed by atoms with Crippen molar-refractivity contribution in [1.82, 2.24) is 10.3 Å². The second kappa shape index (κ2) is 7.68. The van der Waals surface area contributed by atoms with Crippen molar-refractivity contribution in [3.63, 3.8) is 0 Å². The Morgan fingerprint density at radius 3 is 2.60 bits per heavy atom. The normalized spacial score (nSPS) is 12.7. The number of hydrogen-bond acceptors (Lipinski definition) is 5. The standard InChI is InChI=1S/C20H24N2O3/c1-13(2)21-11-14(23)12-25-20-15-7-4-5-9-17(15)22-19-16(20)8-6-10-18(19)24-3/h4-10,13-14,21,23H,11-12H2,1-3H3/t14-/m0/s1. The first kappa shape index (κ1) is 17.5. The number of nitrogens with one attached hydrogen (secondary N) is 1. The van der Waals surface area contributed by atoms with Gasteiger partial charge in [-0.3, -0.25) is 0 Å². The van der Waals surface area contributed by atoms with Crippen molar-refractivity contribution < 1.29 is 14.6 Å².